The molecule has 2 rings (SSSR count). The average molecular weight is 230 g/mol. The lowest BCUT2D eigenvalue weighted by Gasteiger charge is -2.05. The van der Waals surface area contributed by atoms with Crippen LogP contribution in [0.5, 0.6) is 0 Å². The van der Waals surface area contributed by atoms with Crippen molar-refractivity contribution in [3.05, 3.63) is 59.4 Å². The summed E-state index contributed by atoms with van der Waals surface area (Å²) in [4.78, 5) is 10.8. The van der Waals surface area contributed by atoms with E-state index < -0.39 is 5.97 Å². The maximum absolute atomic E-state index is 13.7. The van der Waals surface area contributed by atoms with Crippen LogP contribution in [0.1, 0.15) is 15.9 Å². The molecule has 0 fully saturated rings. The van der Waals surface area contributed by atoms with Crippen molar-refractivity contribution in [2.45, 2.75) is 6.92 Å². The van der Waals surface area contributed by atoms with Crippen molar-refractivity contribution < 1.29 is 14.3 Å². The standard InChI is InChI=1S/C14H11FO2/c1-9-5-6-12(13(15)7-9)10-3-2-4-11(8-10)14(16)17/h2-8H,1H3,(H,16,17). The van der Waals surface area contributed by atoms with Gasteiger partial charge in [0.1, 0.15) is 5.82 Å². The van der Waals surface area contributed by atoms with Gasteiger partial charge in [-0.3, -0.25) is 0 Å². The van der Waals surface area contributed by atoms with Crippen molar-refractivity contribution in [3.8, 4) is 11.1 Å². The largest absolute Gasteiger partial charge is 0.478 e. The van der Waals surface area contributed by atoms with Crippen LogP contribution in [0.3, 0.4) is 0 Å². The van der Waals surface area contributed by atoms with Gasteiger partial charge in [-0.2, -0.15) is 0 Å². The Morgan fingerprint density at radius 2 is 1.94 bits per heavy atom. The second-order valence-electron chi connectivity index (χ2n) is 3.87. The quantitative estimate of drug-likeness (QED) is 0.857. The van der Waals surface area contributed by atoms with Gasteiger partial charge in [0.05, 0.1) is 5.56 Å². The van der Waals surface area contributed by atoms with Crippen LogP contribution >= 0.6 is 0 Å². The normalized spacial score (nSPS) is 10.2. The molecule has 0 aliphatic heterocycles. The van der Waals surface area contributed by atoms with E-state index in [2.05, 4.69) is 0 Å². The number of rotatable bonds is 2. The fraction of sp³-hybridized carbons (Fsp3) is 0.0714. The predicted octanol–water partition coefficient (Wildman–Crippen LogP) is 3.50. The van der Waals surface area contributed by atoms with Crippen LogP contribution in [-0.4, -0.2) is 11.1 Å². The number of carboxylic acids is 1. The molecular formula is C14H11FO2. The second-order valence-corrected chi connectivity index (χ2v) is 3.87. The fourth-order valence-corrected chi connectivity index (χ4v) is 1.67. The molecule has 0 aliphatic rings. The monoisotopic (exact) mass is 230 g/mol. The Labute approximate surface area is 98.3 Å². The molecule has 17 heavy (non-hydrogen) atoms. The molecule has 0 saturated carbocycles. The van der Waals surface area contributed by atoms with Gasteiger partial charge in [-0.15, -0.1) is 0 Å². The molecule has 2 aromatic carbocycles. The van der Waals surface area contributed by atoms with Gasteiger partial charge in [0.25, 0.3) is 0 Å². The van der Waals surface area contributed by atoms with Crippen LogP contribution in [-0.2, 0) is 0 Å². The zero-order valence-corrected chi connectivity index (χ0v) is 9.27. The molecule has 2 nitrogen and oxygen atoms in total. The first-order valence-corrected chi connectivity index (χ1v) is 5.18. The lowest BCUT2D eigenvalue weighted by molar-refractivity contribution is 0.0697. The minimum absolute atomic E-state index is 0.155. The Bertz CT molecular complexity index is 576. The second kappa shape index (κ2) is 4.37. The zero-order chi connectivity index (χ0) is 12.4. The van der Waals surface area contributed by atoms with Crippen molar-refractivity contribution in [2.75, 3.05) is 0 Å². The van der Waals surface area contributed by atoms with Gasteiger partial charge in [-0.05, 0) is 36.2 Å². The van der Waals surface area contributed by atoms with Crippen molar-refractivity contribution in [2.24, 2.45) is 0 Å². The number of hydrogen-bond acceptors (Lipinski definition) is 1. The fourth-order valence-electron chi connectivity index (χ4n) is 1.67. The molecule has 0 amide bonds. The summed E-state index contributed by atoms with van der Waals surface area (Å²) < 4.78 is 13.7. The molecule has 1 N–H and O–H groups in total. The minimum atomic E-state index is -1.01. The van der Waals surface area contributed by atoms with Gasteiger partial charge in [0, 0.05) is 5.56 Å². The summed E-state index contributed by atoms with van der Waals surface area (Å²) in [7, 11) is 0. The Hall–Kier alpha value is -2.16. The van der Waals surface area contributed by atoms with Gasteiger partial charge >= 0.3 is 5.97 Å². The first kappa shape index (κ1) is 11.3. The summed E-state index contributed by atoms with van der Waals surface area (Å²) in [5.41, 5.74) is 1.98. The highest BCUT2D eigenvalue weighted by Crippen LogP contribution is 2.24. The molecule has 0 heterocycles. The number of halogens is 1. The molecule has 0 bridgehead atoms. The molecule has 0 saturated heterocycles. The van der Waals surface area contributed by atoms with Crippen LogP contribution in [0.15, 0.2) is 42.5 Å². The average Bonchev–Trinajstić information content (AvgIpc) is 2.29. The molecule has 86 valence electrons. The van der Waals surface area contributed by atoms with E-state index in [0.29, 0.717) is 11.1 Å². The highest BCUT2D eigenvalue weighted by Gasteiger charge is 2.08. The minimum Gasteiger partial charge on any atom is -0.478 e. The Morgan fingerprint density at radius 3 is 2.59 bits per heavy atom. The van der Waals surface area contributed by atoms with E-state index in [9.17, 15) is 9.18 Å². The summed E-state index contributed by atoms with van der Waals surface area (Å²) in [6.07, 6.45) is 0. The van der Waals surface area contributed by atoms with Crippen LogP contribution < -0.4 is 0 Å². The molecule has 2 aromatic rings. The van der Waals surface area contributed by atoms with Crippen LogP contribution in [0.25, 0.3) is 11.1 Å². The third-order valence-electron chi connectivity index (χ3n) is 2.55. The smallest absolute Gasteiger partial charge is 0.335 e. The van der Waals surface area contributed by atoms with Crippen molar-refractivity contribution >= 4 is 5.97 Å². The Balaban J connectivity index is 2.53. The molecule has 0 spiro atoms. The number of carboxylic acid groups (broad SMARTS) is 1. The van der Waals surface area contributed by atoms with Crippen molar-refractivity contribution in [1.29, 1.82) is 0 Å². The van der Waals surface area contributed by atoms with E-state index in [-0.39, 0.29) is 11.4 Å². The van der Waals surface area contributed by atoms with Crippen LogP contribution in [0.2, 0.25) is 0 Å². The van der Waals surface area contributed by atoms with E-state index in [4.69, 9.17) is 5.11 Å². The molecule has 0 atom stereocenters. The first-order chi connectivity index (χ1) is 8.08. The third kappa shape index (κ3) is 2.33. The number of carbonyl (C=O) groups is 1. The maximum Gasteiger partial charge on any atom is 0.335 e. The van der Waals surface area contributed by atoms with Crippen molar-refractivity contribution in [3.63, 3.8) is 0 Å². The SMILES string of the molecule is Cc1ccc(-c2cccc(C(=O)O)c2)c(F)c1. The number of hydrogen-bond donors (Lipinski definition) is 1. The molecular weight excluding hydrogens is 219 g/mol. The van der Waals surface area contributed by atoms with Gasteiger partial charge in [0.15, 0.2) is 0 Å². The van der Waals surface area contributed by atoms with Gasteiger partial charge in [-0.1, -0.05) is 24.3 Å². The molecule has 0 aliphatic carbocycles. The zero-order valence-electron chi connectivity index (χ0n) is 9.27. The highest BCUT2D eigenvalue weighted by molar-refractivity contribution is 5.89. The summed E-state index contributed by atoms with van der Waals surface area (Å²) >= 11 is 0. The Kier molecular flexibility index (Phi) is 2.91. The van der Waals surface area contributed by atoms with Gasteiger partial charge in [0.2, 0.25) is 0 Å². The summed E-state index contributed by atoms with van der Waals surface area (Å²) in [5.74, 6) is -1.35. The number of aromatic carboxylic acids is 1. The van der Waals surface area contributed by atoms with Crippen LogP contribution in [0.4, 0.5) is 4.39 Å². The summed E-state index contributed by atoms with van der Waals surface area (Å²) in [5, 5.41) is 8.88. The van der Waals surface area contributed by atoms with E-state index >= 15 is 0 Å². The lowest BCUT2D eigenvalue weighted by Crippen LogP contribution is -1.96. The third-order valence-corrected chi connectivity index (χ3v) is 2.55. The molecule has 3 heteroatoms. The van der Waals surface area contributed by atoms with Gasteiger partial charge in [-0.25, -0.2) is 9.18 Å². The van der Waals surface area contributed by atoms with E-state index in [1.807, 2.05) is 0 Å². The molecule has 0 aromatic heterocycles. The summed E-state index contributed by atoms with van der Waals surface area (Å²) in [6.45, 7) is 1.81. The molecule has 0 unspecified atom stereocenters. The van der Waals surface area contributed by atoms with E-state index in [1.54, 1.807) is 31.2 Å². The van der Waals surface area contributed by atoms with E-state index in [0.717, 1.165) is 5.56 Å². The first-order valence-electron chi connectivity index (χ1n) is 5.18. The highest BCUT2D eigenvalue weighted by atomic mass is 19.1. The summed E-state index contributed by atoms with van der Waals surface area (Å²) in [6, 6.07) is 11.1. The number of benzene rings is 2. The predicted molar refractivity (Wildman–Crippen MR) is 63.5 cm³/mol. The number of aryl methyl sites for hydroxylation is 1. The topological polar surface area (TPSA) is 37.3 Å². The lowest BCUT2D eigenvalue weighted by atomic mass is 10.0. The maximum atomic E-state index is 13.7. The van der Waals surface area contributed by atoms with Crippen LogP contribution in [0, 0.1) is 12.7 Å². The molecule has 0 radical (unpaired) electrons. The Morgan fingerprint density at radius 1 is 1.18 bits per heavy atom. The van der Waals surface area contributed by atoms with E-state index in [1.165, 1.54) is 18.2 Å². The van der Waals surface area contributed by atoms with Crippen molar-refractivity contribution in [1.82, 2.24) is 0 Å². The van der Waals surface area contributed by atoms with Gasteiger partial charge < -0.3 is 5.11 Å².